The molecule has 4 rings (SSSR count). The third-order valence-corrected chi connectivity index (χ3v) is 5.55. The maximum atomic E-state index is 13.1. The van der Waals surface area contributed by atoms with Gasteiger partial charge in [-0.3, -0.25) is 18.6 Å². The minimum Gasteiger partial charge on any atom is -0.497 e. The van der Waals surface area contributed by atoms with E-state index in [0.717, 1.165) is 30.6 Å². The second kappa shape index (κ2) is 7.66. The molecule has 0 bridgehead atoms. The molecule has 0 aliphatic heterocycles. The van der Waals surface area contributed by atoms with Gasteiger partial charge in [0, 0.05) is 12.7 Å². The lowest BCUT2D eigenvalue weighted by atomic mass is 10.2. The van der Waals surface area contributed by atoms with Crippen molar-refractivity contribution >= 4 is 11.0 Å². The zero-order chi connectivity index (χ0) is 19.7. The maximum Gasteiger partial charge on any atom is 0.333 e. The molecule has 1 aliphatic carbocycles. The summed E-state index contributed by atoms with van der Waals surface area (Å²) in [6.45, 7) is 2.79. The highest BCUT2D eigenvalue weighted by atomic mass is 16.5. The lowest BCUT2D eigenvalue weighted by Crippen LogP contribution is -2.40. The molecule has 0 saturated heterocycles. The predicted octanol–water partition coefficient (Wildman–Crippen LogP) is 2.94. The summed E-state index contributed by atoms with van der Waals surface area (Å²) in [5, 5.41) is 5.18. The molecule has 0 radical (unpaired) electrons. The van der Waals surface area contributed by atoms with Gasteiger partial charge in [0.2, 0.25) is 0 Å². The fourth-order valence-electron chi connectivity index (χ4n) is 4.03. The van der Waals surface area contributed by atoms with Gasteiger partial charge in [0.15, 0.2) is 5.65 Å². The van der Waals surface area contributed by atoms with Gasteiger partial charge in [-0.2, -0.15) is 5.10 Å². The first-order chi connectivity index (χ1) is 13.6. The summed E-state index contributed by atoms with van der Waals surface area (Å²) >= 11 is 0. The van der Waals surface area contributed by atoms with Crippen molar-refractivity contribution in [2.24, 2.45) is 0 Å². The van der Waals surface area contributed by atoms with E-state index < -0.39 is 0 Å². The summed E-state index contributed by atoms with van der Waals surface area (Å²) in [7, 11) is 1.61. The van der Waals surface area contributed by atoms with Crippen molar-refractivity contribution in [1.29, 1.82) is 0 Å². The van der Waals surface area contributed by atoms with Crippen LogP contribution in [0, 0.1) is 0 Å². The highest BCUT2D eigenvalue weighted by Crippen LogP contribution is 2.29. The quantitative estimate of drug-likeness (QED) is 0.657. The van der Waals surface area contributed by atoms with Crippen LogP contribution in [0.1, 0.15) is 50.6 Å². The van der Waals surface area contributed by atoms with Gasteiger partial charge in [-0.05, 0) is 37.0 Å². The van der Waals surface area contributed by atoms with Crippen molar-refractivity contribution < 1.29 is 4.74 Å². The molecule has 7 nitrogen and oxygen atoms in total. The SMILES string of the molecule is CCCn1c(=O)n(Cc2ccc(OC)cc2)c(=O)c2cn(C3CCCC3)nc21. The fraction of sp³-hybridized carbons (Fsp3) is 0.476. The molecule has 2 aromatic heterocycles. The number of aromatic nitrogens is 4. The zero-order valence-corrected chi connectivity index (χ0v) is 16.4. The minimum atomic E-state index is -0.299. The summed E-state index contributed by atoms with van der Waals surface area (Å²) < 4.78 is 10.1. The van der Waals surface area contributed by atoms with Crippen LogP contribution in [0.2, 0.25) is 0 Å². The van der Waals surface area contributed by atoms with E-state index in [2.05, 4.69) is 5.10 Å². The van der Waals surface area contributed by atoms with Gasteiger partial charge >= 0.3 is 5.69 Å². The Morgan fingerprint density at radius 2 is 1.82 bits per heavy atom. The third kappa shape index (κ3) is 3.25. The molecule has 0 N–H and O–H groups in total. The maximum absolute atomic E-state index is 13.1. The summed E-state index contributed by atoms with van der Waals surface area (Å²) in [5.41, 5.74) is 0.819. The van der Waals surface area contributed by atoms with Gasteiger partial charge in [-0.15, -0.1) is 0 Å². The van der Waals surface area contributed by atoms with Crippen LogP contribution in [0.4, 0.5) is 0 Å². The van der Waals surface area contributed by atoms with Crippen molar-refractivity contribution in [3.05, 3.63) is 56.9 Å². The van der Waals surface area contributed by atoms with E-state index in [1.54, 1.807) is 11.7 Å². The van der Waals surface area contributed by atoms with Gasteiger partial charge < -0.3 is 4.74 Å². The van der Waals surface area contributed by atoms with Gasteiger partial charge in [-0.1, -0.05) is 31.9 Å². The Balaban J connectivity index is 1.83. The predicted molar refractivity (Wildman–Crippen MR) is 108 cm³/mol. The van der Waals surface area contributed by atoms with Gasteiger partial charge in [0.05, 0.1) is 19.7 Å². The Kier molecular flexibility index (Phi) is 5.07. The largest absolute Gasteiger partial charge is 0.497 e. The van der Waals surface area contributed by atoms with E-state index in [1.165, 1.54) is 17.4 Å². The summed E-state index contributed by atoms with van der Waals surface area (Å²) in [6.07, 6.45) is 7.16. The van der Waals surface area contributed by atoms with Crippen molar-refractivity contribution in [2.45, 2.75) is 58.2 Å². The standard InChI is InChI=1S/C21H26N4O3/c1-3-12-23-19-18(14-25(22-19)16-6-4-5-7-16)20(26)24(21(23)27)13-15-8-10-17(28-2)11-9-15/h8-11,14,16H,3-7,12-13H2,1-2H3. The van der Waals surface area contributed by atoms with Gasteiger partial charge in [-0.25, -0.2) is 4.79 Å². The van der Waals surface area contributed by atoms with Crippen LogP contribution in [0.25, 0.3) is 11.0 Å². The van der Waals surface area contributed by atoms with E-state index >= 15 is 0 Å². The molecule has 148 valence electrons. The Bertz CT molecular complexity index is 1090. The number of hydrogen-bond acceptors (Lipinski definition) is 4. The molecule has 0 amide bonds. The normalized spacial score (nSPS) is 14.8. The molecule has 2 heterocycles. The van der Waals surface area contributed by atoms with Crippen LogP contribution in [0.3, 0.4) is 0 Å². The van der Waals surface area contributed by atoms with Gasteiger partial charge in [0.25, 0.3) is 5.56 Å². The Hall–Kier alpha value is -2.83. The first-order valence-electron chi connectivity index (χ1n) is 9.97. The zero-order valence-electron chi connectivity index (χ0n) is 16.4. The van der Waals surface area contributed by atoms with E-state index in [9.17, 15) is 9.59 Å². The van der Waals surface area contributed by atoms with Crippen LogP contribution >= 0.6 is 0 Å². The molecular formula is C21H26N4O3. The molecule has 7 heteroatoms. The molecule has 28 heavy (non-hydrogen) atoms. The summed E-state index contributed by atoms with van der Waals surface area (Å²) in [5.74, 6) is 0.743. The first kappa shape index (κ1) is 18.5. The lowest BCUT2D eigenvalue weighted by Gasteiger charge is -2.11. The van der Waals surface area contributed by atoms with Crippen LogP contribution in [-0.2, 0) is 13.1 Å². The molecule has 0 atom stereocenters. The number of rotatable bonds is 6. The average Bonchev–Trinajstić information content (AvgIpc) is 3.39. The number of aryl methyl sites for hydroxylation is 1. The molecule has 1 aliphatic rings. The van der Waals surface area contributed by atoms with E-state index in [0.29, 0.717) is 23.6 Å². The van der Waals surface area contributed by atoms with Gasteiger partial charge in [0.1, 0.15) is 11.1 Å². The number of hydrogen-bond donors (Lipinski definition) is 0. The van der Waals surface area contributed by atoms with Crippen molar-refractivity contribution in [1.82, 2.24) is 18.9 Å². The first-order valence-corrected chi connectivity index (χ1v) is 9.97. The molecule has 0 spiro atoms. The molecule has 1 saturated carbocycles. The van der Waals surface area contributed by atoms with E-state index in [-0.39, 0.29) is 17.8 Å². The smallest absolute Gasteiger partial charge is 0.333 e. The van der Waals surface area contributed by atoms with Crippen molar-refractivity contribution in [3.8, 4) is 5.75 Å². The number of ether oxygens (including phenoxy) is 1. The topological polar surface area (TPSA) is 71.0 Å². The molecule has 3 aromatic rings. The Morgan fingerprint density at radius 1 is 1.11 bits per heavy atom. The highest BCUT2D eigenvalue weighted by molar-refractivity contribution is 5.73. The van der Waals surface area contributed by atoms with Crippen molar-refractivity contribution in [3.63, 3.8) is 0 Å². The minimum absolute atomic E-state index is 0.232. The average molecular weight is 382 g/mol. The molecule has 1 fully saturated rings. The number of benzene rings is 1. The van der Waals surface area contributed by atoms with Crippen molar-refractivity contribution in [2.75, 3.05) is 7.11 Å². The van der Waals surface area contributed by atoms with E-state index in [4.69, 9.17) is 4.74 Å². The monoisotopic (exact) mass is 382 g/mol. The van der Waals surface area contributed by atoms with Crippen LogP contribution < -0.4 is 16.0 Å². The number of fused-ring (bicyclic) bond motifs is 1. The van der Waals surface area contributed by atoms with Crippen LogP contribution in [0.15, 0.2) is 40.1 Å². The molecule has 1 aromatic carbocycles. The fourth-order valence-corrected chi connectivity index (χ4v) is 4.03. The Labute approximate surface area is 163 Å². The number of methoxy groups -OCH3 is 1. The highest BCUT2D eigenvalue weighted by Gasteiger charge is 2.22. The molecule has 0 unspecified atom stereocenters. The van der Waals surface area contributed by atoms with Crippen LogP contribution in [0.5, 0.6) is 5.75 Å². The van der Waals surface area contributed by atoms with E-state index in [1.807, 2.05) is 42.1 Å². The lowest BCUT2D eigenvalue weighted by molar-refractivity contribution is 0.414. The second-order valence-electron chi connectivity index (χ2n) is 7.46. The Morgan fingerprint density at radius 3 is 2.46 bits per heavy atom. The summed E-state index contributed by atoms with van der Waals surface area (Å²) in [6, 6.07) is 7.75. The number of nitrogens with zero attached hydrogens (tertiary/aromatic N) is 4. The second-order valence-corrected chi connectivity index (χ2v) is 7.46. The molecular weight excluding hydrogens is 356 g/mol. The van der Waals surface area contributed by atoms with Crippen LogP contribution in [-0.4, -0.2) is 26.0 Å². The third-order valence-electron chi connectivity index (χ3n) is 5.55. The summed E-state index contributed by atoms with van der Waals surface area (Å²) in [4.78, 5) is 26.2.